The van der Waals surface area contributed by atoms with Gasteiger partial charge >= 0.3 is 0 Å². The molecule has 2 nitrogen and oxygen atoms in total. The van der Waals surface area contributed by atoms with Crippen molar-refractivity contribution in [2.75, 3.05) is 7.11 Å². The van der Waals surface area contributed by atoms with Gasteiger partial charge in [-0.25, -0.2) is 0 Å². The molecule has 0 aromatic carbocycles. The standard InChI is InChI=1S/C13H21NOS/c1-8-4-5-12(15-3)11-7-10(6-9(2)14)16-13(8)11/h7-9,12H,4-6,14H2,1-3H3. The van der Waals surface area contributed by atoms with E-state index in [1.54, 1.807) is 0 Å². The van der Waals surface area contributed by atoms with Gasteiger partial charge < -0.3 is 10.5 Å². The van der Waals surface area contributed by atoms with Crippen LogP contribution in [0.4, 0.5) is 0 Å². The van der Waals surface area contributed by atoms with Crippen LogP contribution >= 0.6 is 11.3 Å². The van der Waals surface area contributed by atoms with E-state index in [0.29, 0.717) is 12.0 Å². The summed E-state index contributed by atoms with van der Waals surface area (Å²) in [5.74, 6) is 0.688. The first-order chi connectivity index (χ1) is 7.61. The summed E-state index contributed by atoms with van der Waals surface area (Å²) >= 11 is 1.93. The van der Waals surface area contributed by atoms with Gasteiger partial charge in [-0.15, -0.1) is 11.3 Å². The topological polar surface area (TPSA) is 35.2 Å². The number of hydrogen-bond donors (Lipinski definition) is 1. The maximum atomic E-state index is 5.86. The summed E-state index contributed by atoms with van der Waals surface area (Å²) in [7, 11) is 1.81. The second-order valence-corrected chi connectivity index (χ2v) is 6.08. The van der Waals surface area contributed by atoms with Crippen LogP contribution in [0, 0.1) is 0 Å². The minimum Gasteiger partial charge on any atom is -0.377 e. The molecule has 1 aliphatic carbocycles. The van der Waals surface area contributed by atoms with E-state index in [4.69, 9.17) is 10.5 Å². The molecule has 0 amide bonds. The SMILES string of the molecule is COC1CCC(C)c2sc(CC(C)N)cc21. The second kappa shape index (κ2) is 4.86. The van der Waals surface area contributed by atoms with E-state index in [1.807, 2.05) is 18.4 Å². The zero-order chi connectivity index (χ0) is 11.7. The molecule has 3 atom stereocenters. The highest BCUT2D eigenvalue weighted by atomic mass is 32.1. The Morgan fingerprint density at radius 1 is 1.56 bits per heavy atom. The van der Waals surface area contributed by atoms with Crippen LogP contribution in [-0.4, -0.2) is 13.2 Å². The van der Waals surface area contributed by atoms with E-state index >= 15 is 0 Å². The molecule has 1 aromatic rings. The lowest BCUT2D eigenvalue weighted by Crippen LogP contribution is -2.16. The maximum absolute atomic E-state index is 5.86. The lowest BCUT2D eigenvalue weighted by molar-refractivity contribution is 0.0859. The predicted molar refractivity (Wildman–Crippen MR) is 69.1 cm³/mol. The van der Waals surface area contributed by atoms with Crippen molar-refractivity contribution >= 4 is 11.3 Å². The fraction of sp³-hybridized carbons (Fsp3) is 0.692. The van der Waals surface area contributed by atoms with Crippen molar-refractivity contribution in [2.24, 2.45) is 5.73 Å². The second-order valence-electron chi connectivity index (χ2n) is 4.92. The average Bonchev–Trinajstić information content (AvgIpc) is 2.62. The molecule has 0 saturated carbocycles. The van der Waals surface area contributed by atoms with Gasteiger partial charge in [-0.1, -0.05) is 6.92 Å². The molecule has 0 aliphatic heterocycles. The predicted octanol–water partition coefficient (Wildman–Crippen LogP) is 3.22. The van der Waals surface area contributed by atoms with Crippen molar-refractivity contribution < 1.29 is 4.74 Å². The molecule has 2 N–H and O–H groups in total. The van der Waals surface area contributed by atoms with Crippen molar-refractivity contribution in [1.82, 2.24) is 0 Å². The van der Waals surface area contributed by atoms with Crippen LogP contribution in [0.5, 0.6) is 0 Å². The first-order valence-corrected chi connectivity index (χ1v) is 6.84. The number of methoxy groups -OCH3 is 1. The first kappa shape index (κ1) is 12.1. The maximum Gasteiger partial charge on any atom is 0.0832 e. The average molecular weight is 239 g/mol. The Bertz CT molecular complexity index is 359. The number of rotatable bonds is 3. The summed E-state index contributed by atoms with van der Waals surface area (Å²) in [6, 6.07) is 2.56. The summed E-state index contributed by atoms with van der Waals surface area (Å²) in [5, 5.41) is 0. The lowest BCUT2D eigenvalue weighted by atomic mass is 9.88. The number of ether oxygens (including phenoxy) is 1. The Kier molecular flexibility index (Phi) is 3.67. The molecule has 0 fully saturated rings. The molecule has 1 aliphatic rings. The van der Waals surface area contributed by atoms with Crippen molar-refractivity contribution in [3.8, 4) is 0 Å². The van der Waals surface area contributed by atoms with Crippen LogP contribution in [0.2, 0.25) is 0 Å². The van der Waals surface area contributed by atoms with Gasteiger partial charge in [-0.2, -0.15) is 0 Å². The minimum atomic E-state index is 0.247. The smallest absolute Gasteiger partial charge is 0.0832 e. The van der Waals surface area contributed by atoms with Crippen molar-refractivity contribution in [1.29, 1.82) is 0 Å². The van der Waals surface area contributed by atoms with Gasteiger partial charge in [0.1, 0.15) is 0 Å². The third-order valence-corrected chi connectivity index (χ3v) is 4.71. The number of fused-ring (bicyclic) bond motifs is 1. The van der Waals surface area contributed by atoms with Crippen LogP contribution < -0.4 is 5.73 Å². The van der Waals surface area contributed by atoms with E-state index in [0.717, 1.165) is 12.8 Å². The quantitative estimate of drug-likeness (QED) is 0.879. The molecular formula is C13H21NOS. The van der Waals surface area contributed by atoms with E-state index in [1.165, 1.54) is 21.7 Å². The van der Waals surface area contributed by atoms with E-state index in [9.17, 15) is 0 Å². The molecule has 0 saturated heterocycles. The summed E-state index contributed by atoms with van der Waals surface area (Å²) in [6.45, 7) is 4.38. The monoisotopic (exact) mass is 239 g/mol. The fourth-order valence-corrected chi connectivity index (χ4v) is 3.90. The van der Waals surface area contributed by atoms with Crippen LogP contribution in [0.3, 0.4) is 0 Å². The summed E-state index contributed by atoms with van der Waals surface area (Å²) in [4.78, 5) is 2.93. The highest BCUT2D eigenvalue weighted by Gasteiger charge is 2.27. The van der Waals surface area contributed by atoms with Crippen LogP contribution in [0.1, 0.15) is 54.0 Å². The zero-order valence-electron chi connectivity index (χ0n) is 10.3. The summed E-state index contributed by atoms with van der Waals surface area (Å²) in [6.07, 6.45) is 3.69. The molecule has 2 rings (SSSR count). The Morgan fingerprint density at radius 2 is 2.31 bits per heavy atom. The van der Waals surface area contributed by atoms with Crippen LogP contribution in [0.25, 0.3) is 0 Å². The number of thiophene rings is 1. The third kappa shape index (κ3) is 2.31. The summed E-state index contributed by atoms with van der Waals surface area (Å²) in [5.41, 5.74) is 7.28. The van der Waals surface area contributed by atoms with Gasteiger partial charge in [-0.3, -0.25) is 0 Å². The van der Waals surface area contributed by atoms with Crippen molar-refractivity contribution in [2.45, 2.75) is 51.2 Å². The van der Waals surface area contributed by atoms with Crippen molar-refractivity contribution in [3.05, 3.63) is 21.4 Å². The largest absolute Gasteiger partial charge is 0.377 e. The highest BCUT2D eigenvalue weighted by Crippen LogP contribution is 2.43. The van der Waals surface area contributed by atoms with Gasteiger partial charge in [0.25, 0.3) is 0 Å². The van der Waals surface area contributed by atoms with Gasteiger partial charge in [0, 0.05) is 22.9 Å². The molecule has 0 radical (unpaired) electrons. The Morgan fingerprint density at radius 3 is 2.94 bits per heavy atom. The molecule has 1 aromatic heterocycles. The van der Waals surface area contributed by atoms with Gasteiger partial charge in [0.05, 0.1) is 6.10 Å². The van der Waals surface area contributed by atoms with E-state index in [-0.39, 0.29) is 6.04 Å². The van der Waals surface area contributed by atoms with E-state index in [2.05, 4.69) is 19.9 Å². The molecule has 1 heterocycles. The minimum absolute atomic E-state index is 0.247. The Hall–Kier alpha value is -0.380. The van der Waals surface area contributed by atoms with Crippen molar-refractivity contribution in [3.63, 3.8) is 0 Å². The van der Waals surface area contributed by atoms with Crippen LogP contribution in [0.15, 0.2) is 6.07 Å². The molecule has 3 heteroatoms. The fourth-order valence-electron chi connectivity index (χ4n) is 2.46. The molecule has 0 bridgehead atoms. The lowest BCUT2D eigenvalue weighted by Gasteiger charge is -2.25. The van der Waals surface area contributed by atoms with Gasteiger partial charge in [0.2, 0.25) is 0 Å². The summed E-state index contributed by atoms with van der Waals surface area (Å²) < 4.78 is 5.56. The Labute approximate surface area is 102 Å². The number of hydrogen-bond acceptors (Lipinski definition) is 3. The highest BCUT2D eigenvalue weighted by molar-refractivity contribution is 7.12. The van der Waals surface area contributed by atoms with Gasteiger partial charge in [-0.05, 0) is 43.7 Å². The normalized spacial score (nSPS) is 26.5. The van der Waals surface area contributed by atoms with E-state index < -0.39 is 0 Å². The van der Waals surface area contributed by atoms with Crippen LogP contribution in [-0.2, 0) is 11.2 Å². The molecule has 90 valence electrons. The number of nitrogens with two attached hydrogens (primary N) is 1. The molecule has 16 heavy (non-hydrogen) atoms. The molecule has 3 unspecified atom stereocenters. The zero-order valence-corrected chi connectivity index (χ0v) is 11.1. The molecular weight excluding hydrogens is 218 g/mol. The van der Waals surface area contributed by atoms with Gasteiger partial charge in [0.15, 0.2) is 0 Å². The molecule has 0 spiro atoms. The Balaban J connectivity index is 2.28. The first-order valence-electron chi connectivity index (χ1n) is 6.02. The third-order valence-electron chi connectivity index (χ3n) is 3.31.